The van der Waals surface area contributed by atoms with Gasteiger partial charge in [-0.2, -0.15) is 0 Å². The fourth-order valence-corrected chi connectivity index (χ4v) is 3.11. The standard InChI is InChI=1S/C22H19N3O2/c26-21(17-7-5-8-19(15-17)25-12-3-4-13-25)23-11-10-18-14-16-6-1-2-9-20(16)24-22(18)27/h1-9,12-15H,10-11H2,(H,23,26)(H,24,27). The largest absolute Gasteiger partial charge is 0.352 e. The van der Waals surface area contributed by atoms with Crippen LogP contribution >= 0.6 is 0 Å². The molecule has 0 bridgehead atoms. The summed E-state index contributed by atoms with van der Waals surface area (Å²) in [6, 6.07) is 20.9. The summed E-state index contributed by atoms with van der Waals surface area (Å²) >= 11 is 0. The summed E-state index contributed by atoms with van der Waals surface area (Å²) in [6.07, 6.45) is 4.34. The first-order valence-electron chi connectivity index (χ1n) is 8.83. The summed E-state index contributed by atoms with van der Waals surface area (Å²) in [5, 5.41) is 3.88. The van der Waals surface area contributed by atoms with Crippen LogP contribution in [0.15, 0.2) is 83.9 Å². The quantitative estimate of drug-likeness (QED) is 0.576. The highest BCUT2D eigenvalue weighted by Crippen LogP contribution is 2.12. The van der Waals surface area contributed by atoms with Crippen LogP contribution in [0.4, 0.5) is 0 Å². The molecule has 4 aromatic rings. The van der Waals surface area contributed by atoms with Crippen molar-refractivity contribution in [1.29, 1.82) is 0 Å². The predicted molar refractivity (Wildman–Crippen MR) is 106 cm³/mol. The number of carbonyl (C=O) groups excluding carboxylic acids is 1. The van der Waals surface area contributed by atoms with Crippen molar-refractivity contribution in [3.63, 3.8) is 0 Å². The van der Waals surface area contributed by atoms with Gasteiger partial charge in [0, 0.05) is 41.3 Å². The van der Waals surface area contributed by atoms with E-state index in [2.05, 4.69) is 10.3 Å². The van der Waals surface area contributed by atoms with Gasteiger partial charge in [-0.05, 0) is 54.3 Å². The van der Waals surface area contributed by atoms with E-state index in [1.807, 2.05) is 77.6 Å². The molecular weight excluding hydrogens is 338 g/mol. The van der Waals surface area contributed by atoms with Gasteiger partial charge in [0.25, 0.3) is 11.5 Å². The van der Waals surface area contributed by atoms with E-state index in [4.69, 9.17) is 0 Å². The van der Waals surface area contributed by atoms with Crippen LogP contribution in [0.25, 0.3) is 16.6 Å². The maximum atomic E-state index is 12.4. The third-order valence-electron chi connectivity index (χ3n) is 4.52. The zero-order chi connectivity index (χ0) is 18.6. The molecule has 1 amide bonds. The predicted octanol–water partition coefficient (Wildman–Crippen LogP) is 3.29. The van der Waals surface area contributed by atoms with Crippen LogP contribution < -0.4 is 10.9 Å². The van der Waals surface area contributed by atoms with Crippen LogP contribution in [-0.2, 0) is 6.42 Å². The lowest BCUT2D eigenvalue weighted by Crippen LogP contribution is -2.27. The zero-order valence-electron chi connectivity index (χ0n) is 14.7. The van der Waals surface area contributed by atoms with Crippen LogP contribution in [0.2, 0.25) is 0 Å². The number of fused-ring (bicyclic) bond motifs is 1. The molecule has 2 heterocycles. The van der Waals surface area contributed by atoms with Gasteiger partial charge in [-0.1, -0.05) is 24.3 Å². The molecule has 2 N–H and O–H groups in total. The Kier molecular flexibility index (Phi) is 4.58. The van der Waals surface area contributed by atoms with Gasteiger partial charge < -0.3 is 14.9 Å². The first-order valence-corrected chi connectivity index (χ1v) is 8.83. The minimum absolute atomic E-state index is 0.113. The number of carbonyl (C=O) groups is 1. The van der Waals surface area contributed by atoms with Crippen molar-refractivity contribution < 1.29 is 4.79 Å². The van der Waals surface area contributed by atoms with Gasteiger partial charge in [0.1, 0.15) is 0 Å². The van der Waals surface area contributed by atoms with E-state index in [0.717, 1.165) is 16.6 Å². The fourth-order valence-electron chi connectivity index (χ4n) is 3.11. The van der Waals surface area contributed by atoms with Crippen molar-refractivity contribution in [3.05, 3.63) is 101 Å². The molecule has 2 aromatic carbocycles. The van der Waals surface area contributed by atoms with Crippen molar-refractivity contribution in [1.82, 2.24) is 14.9 Å². The maximum Gasteiger partial charge on any atom is 0.251 e. The monoisotopic (exact) mass is 357 g/mol. The highest BCUT2D eigenvalue weighted by atomic mass is 16.1. The van der Waals surface area contributed by atoms with Crippen LogP contribution in [0.3, 0.4) is 0 Å². The average Bonchev–Trinajstić information content (AvgIpc) is 3.23. The molecule has 27 heavy (non-hydrogen) atoms. The summed E-state index contributed by atoms with van der Waals surface area (Å²) < 4.78 is 1.95. The molecule has 0 fully saturated rings. The molecule has 0 saturated carbocycles. The number of aromatic amines is 1. The van der Waals surface area contributed by atoms with E-state index in [-0.39, 0.29) is 11.5 Å². The Bertz CT molecular complexity index is 1140. The van der Waals surface area contributed by atoms with Gasteiger partial charge in [0.05, 0.1) is 0 Å². The molecular formula is C22H19N3O2. The Morgan fingerprint density at radius 3 is 2.63 bits per heavy atom. The van der Waals surface area contributed by atoms with Crippen molar-refractivity contribution >= 4 is 16.8 Å². The lowest BCUT2D eigenvalue weighted by molar-refractivity contribution is 0.0954. The van der Waals surface area contributed by atoms with Gasteiger partial charge in [0.2, 0.25) is 0 Å². The number of rotatable bonds is 5. The van der Waals surface area contributed by atoms with Gasteiger partial charge in [-0.15, -0.1) is 0 Å². The molecule has 0 saturated heterocycles. The van der Waals surface area contributed by atoms with Gasteiger partial charge >= 0.3 is 0 Å². The van der Waals surface area contributed by atoms with Crippen molar-refractivity contribution in [2.45, 2.75) is 6.42 Å². The number of H-pyrrole nitrogens is 1. The molecule has 0 atom stereocenters. The zero-order valence-corrected chi connectivity index (χ0v) is 14.7. The van der Waals surface area contributed by atoms with Crippen LogP contribution in [0.1, 0.15) is 15.9 Å². The Morgan fingerprint density at radius 1 is 0.963 bits per heavy atom. The molecule has 0 aliphatic heterocycles. The number of benzene rings is 2. The lowest BCUT2D eigenvalue weighted by Gasteiger charge is -2.08. The van der Waals surface area contributed by atoms with Crippen LogP contribution in [0.5, 0.6) is 0 Å². The molecule has 5 heteroatoms. The number of amides is 1. The van der Waals surface area contributed by atoms with Crippen molar-refractivity contribution in [2.75, 3.05) is 6.54 Å². The first kappa shape index (κ1) is 16.8. The Morgan fingerprint density at radius 2 is 1.78 bits per heavy atom. The molecule has 0 radical (unpaired) electrons. The van der Waals surface area contributed by atoms with E-state index < -0.39 is 0 Å². The minimum Gasteiger partial charge on any atom is -0.352 e. The molecule has 0 unspecified atom stereocenters. The molecule has 4 rings (SSSR count). The van der Waals surface area contributed by atoms with E-state index in [1.54, 1.807) is 6.07 Å². The third kappa shape index (κ3) is 3.67. The Hall–Kier alpha value is -3.60. The Balaban J connectivity index is 1.44. The summed E-state index contributed by atoms with van der Waals surface area (Å²) in [5.41, 5.74) is 2.89. The molecule has 5 nitrogen and oxygen atoms in total. The van der Waals surface area contributed by atoms with Crippen LogP contribution in [0, 0.1) is 0 Å². The van der Waals surface area contributed by atoms with Gasteiger partial charge in [-0.3, -0.25) is 9.59 Å². The SMILES string of the molecule is O=C(NCCc1cc2ccccc2[nH]c1=O)c1cccc(-n2cccc2)c1. The smallest absolute Gasteiger partial charge is 0.251 e. The second-order valence-corrected chi connectivity index (χ2v) is 6.36. The van der Waals surface area contributed by atoms with Crippen molar-refractivity contribution in [2.24, 2.45) is 0 Å². The summed E-state index contributed by atoms with van der Waals surface area (Å²) in [5.74, 6) is -0.152. The second kappa shape index (κ2) is 7.33. The number of para-hydroxylation sites is 1. The van der Waals surface area contributed by atoms with E-state index in [1.165, 1.54) is 0 Å². The molecule has 2 aromatic heterocycles. The van der Waals surface area contributed by atoms with Gasteiger partial charge in [0.15, 0.2) is 0 Å². The highest BCUT2D eigenvalue weighted by molar-refractivity contribution is 5.94. The summed E-state index contributed by atoms with van der Waals surface area (Å²) in [7, 11) is 0. The number of pyridine rings is 1. The Labute approximate surface area is 156 Å². The summed E-state index contributed by atoms with van der Waals surface area (Å²) in [4.78, 5) is 27.5. The highest BCUT2D eigenvalue weighted by Gasteiger charge is 2.08. The van der Waals surface area contributed by atoms with Crippen LogP contribution in [-0.4, -0.2) is 22.0 Å². The topological polar surface area (TPSA) is 66.9 Å². The van der Waals surface area contributed by atoms with Gasteiger partial charge in [-0.25, -0.2) is 0 Å². The number of nitrogens with one attached hydrogen (secondary N) is 2. The number of hydrogen-bond donors (Lipinski definition) is 2. The number of aromatic nitrogens is 2. The molecule has 134 valence electrons. The number of hydrogen-bond acceptors (Lipinski definition) is 2. The average molecular weight is 357 g/mol. The van der Waals surface area contributed by atoms with E-state index in [9.17, 15) is 9.59 Å². The third-order valence-corrected chi connectivity index (χ3v) is 4.52. The fraction of sp³-hybridized carbons (Fsp3) is 0.0909. The normalized spacial score (nSPS) is 10.8. The molecule has 0 spiro atoms. The number of nitrogens with zero attached hydrogens (tertiary/aromatic N) is 1. The lowest BCUT2D eigenvalue weighted by atomic mass is 10.1. The second-order valence-electron chi connectivity index (χ2n) is 6.36. The maximum absolute atomic E-state index is 12.4. The molecule has 0 aliphatic carbocycles. The molecule has 0 aliphatic rings. The van der Waals surface area contributed by atoms with E-state index >= 15 is 0 Å². The minimum atomic E-state index is -0.152. The van der Waals surface area contributed by atoms with Crippen molar-refractivity contribution in [3.8, 4) is 5.69 Å². The van der Waals surface area contributed by atoms with E-state index in [0.29, 0.717) is 24.1 Å². The first-order chi connectivity index (χ1) is 13.2. The summed E-state index contributed by atoms with van der Waals surface area (Å²) in [6.45, 7) is 0.397.